The first kappa shape index (κ1) is 18.1. The molecule has 0 saturated heterocycles. The van der Waals surface area contributed by atoms with Crippen molar-refractivity contribution in [1.29, 1.82) is 0 Å². The molecule has 1 unspecified atom stereocenters. The zero-order valence-corrected chi connectivity index (χ0v) is 14.3. The summed E-state index contributed by atoms with van der Waals surface area (Å²) >= 11 is 5.84. The van der Waals surface area contributed by atoms with E-state index < -0.39 is 14.1 Å². The molecule has 23 heavy (non-hydrogen) atoms. The van der Waals surface area contributed by atoms with Crippen LogP contribution in [-0.2, 0) is 23.7 Å². The van der Waals surface area contributed by atoms with Crippen LogP contribution in [0.5, 0.6) is 0 Å². The minimum absolute atomic E-state index is 0.121. The summed E-state index contributed by atoms with van der Waals surface area (Å²) in [7, 11) is -2.22. The Morgan fingerprint density at radius 1 is 1.09 bits per heavy atom. The van der Waals surface area contributed by atoms with Crippen LogP contribution in [0.4, 0.5) is 0 Å². The Morgan fingerprint density at radius 3 is 2.39 bits per heavy atom. The topological polar surface area (TPSA) is 69.6 Å². The second kappa shape index (κ2) is 9.11. The third-order valence-electron chi connectivity index (χ3n) is 3.50. The van der Waals surface area contributed by atoms with Gasteiger partial charge in [0.05, 0.1) is 6.10 Å². The van der Waals surface area contributed by atoms with Crippen LogP contribution >= 0.6 is 19.6 Å². The smallest absolute Gasteiger partial charge is 0.391 e. The van der Waals surface area contributed by atoms with Crippen LogP contribution < -0.4 is 5.32 Å². The number of nitrogens with one attached hydrogen (secondary N) is 1. The van der Waals surface area contributed by atoms with Gasteiger partial charge in [-0.2, -0.15) is 4.89 Å². The van der Waals surface area contributed by atoms with Gasteiger partial charge in [0, 0.05) is 30.1 Å². The largest absolute Gasteiger partial charge is 0.510 e. The number of rotatable bonds is 8. The predicted molar refractivity (Wildman–Crippen MR) is 92.8 cm³/mol. The Labute approximate surface area is 142 Å². The van der Waals surface area contributed by atoms with Gasteiger partial charge in [0.15, 0.2) is 0 Å². The van der Waals surface area contributed by atoms with Crippen molar-refractivity contribution in [3.05, 3.63) is 70.2 Å². The molecule has 2 aromatic rings. The molecule has 0 spiro atoms. The second-order valence-electron chi connectivity index (χ2n) is 5.39. The summed E-state index contributed by atoms with van der Waals surface area (Å²) in [6.45, 7) is 1.10. The van der Waals surface area contributed by atoms with Crippen LogP contribution in [0.3, 0.4) is 0 Å². The van der Waals surface area contributed by atoms with Crippen LogP contribution in [0.1, 0.15) is 16.7 Å². The molecule has 2 rings (SSSR count). The van der Waals surface area contributed by atoms with Crippen molar-refractivity contribution in [1.82, 2.24) is 5.32 Å². The summed E-state index contributed by atoms with van der Waals surface area (Å²) in [6, 6.07) is 15.0. The summed E-state index contributed by atoms with van der Waals surface area (Å²) in [4.78, 5) is 9.08. The summed E-state index contributed by atoms with van der Waals surface area (Å²) in [5.74, 6) is 0. The molecule has 0 aliphatic carbocycles. The molecule has 4 nitrogen and oxygen atoms in total. The fourth-order valence-corrected chi connectivity index (χ4v) is 3.09. The van der Waals surface area contributed by atoms with Crippen molar-refractivity contribution in [2.75, 3.05) is 6.54 Å². The van der Waals surface area contributed by atoms with Gasteiger partial charge in [-0.3, -0.25) is 0 Å². The molecule has 2 atom stereocenters. The van der Waals surface area contributed by atoms with Gasteiger partial charge in [-0.15, -0.1) is 0 Å². The van der Waals surface area contributed by atoms with E-state index in [1.807, 2.05) is 48.5 Å². The van der Waals surface area contributed by atoms with E-state index in [0.717, 1.165) is 16.7 Å². The van der Waals surface area contributed by atoms with Gasteiger partial charge < -0.3 is 10.4 Å². The first-order valence-corrected chi connectivity index (χ1v) is 9.15. The third kappa shape index (κ3) is 6.38. The highest BCUT2D eigenvalue weighted by molar-refractivity contribution is 7.37. The van der Waals surface area contributed by atoms with Gasteiger partial charge in [-0.05, 0) is 27.8 Å². The zero-order chi connectivity index (χ0) is 16.7. The summed E-state index contributed by atoms with van der Waals surface area (Å²) < 4.78 is 11.0. The standard InChI is InChI=1S/C17H19ClNO3P/c18-16-7-5-13(6-8-16)10-19-11-17(20)9-14-3-1-2-4-15(14)12-23(21)22/h1-8,17,19-20H,9-12H2/p+1/t17-/m1/s1. The molecule has 0 fully saturated rings. The number of hydrogen-bond donors (Lipinski definition) is 3. The highest BCUT2D eigenvalue weighted by atomic mass is 35.5. The third-order valence-corrected chi connectivity index (χ3v) is 4.37. The zero-order valence-electron chi connectivity index (χ0n) is 12.7. The van der Waals surface area contributed by atoms with Gasteiger partial charge in [0.25, 0.3) is 0 Å². The quantitative estimate of drug-likeness (QED) is 0.638. The summed E-state index contributed by atoms with van der Waals surface area (Å²) in [6.07, 6.45) is 0.0173. The Bertz CT molecular complexity index is 649. The van der Waals surface area contributed by atoms with Crippen LogP contribution in [0.2, 0.25) is 5.02 Å². The average Bonchev–Trinajstić information content (AvgIpc) is 2.51. The maximum absolute atomic E-state index is 11.0. The SMILES string of the molecule is O=[P+](O)Cc1ccccc1C[C@@H](O)CNCc1ccc(Cl)cc1. The number of hydrogen-bond acceptors (Lipinski definition) is 3. The molecule has 0 amide bonds. The van der Waals surface area contributed by atoms with Crippen molar-refractivity contribution >= 4 is 19.6 Å². The molecule has 0 bridgehead atoms. The average molecular weight is 353 g/mol. The van der Waals surface area contributed by atoms with E-state index in [1.165, 1.54) is 0 Å². The van der Waals surface area contributed by atoms with Gasteiger partial charge >= 0.3 is 8.03 Å². The lowest BCUT2D eigenvalue weighted by Gasteiger charge is -2.13. The minimum atomic E-state index is -2.22. The molecule has 0 radical (unpaired) electrons. The van der Waals surface area contributed by atoms with Gasteiger partial charge in [0.1, 0.15) is 0 Å². The first-order valence-electron chi connectivity index (χ1n) is 7.38. The van der Waals surface area contributed by atoms with Crippen molar-refractivity contribution in [2.45, 2.75) is 25.2 Å². The number of halogens is 1. The van der Waals surface area contributed by atoms with Crippen molar-refractivity contribution < 1.29 is 14.6 Å². The molecule has 0 aliphatic rings. The monoisotopic (exact) mass is 352 g/mol. The Kier molecular flexibility index (Phi) is 7.15. The van der Waals surface area contributed by atoms with E-state index in [1.54, 1.807) is 0 Å². The highest BCUT2D eigenvalue weighted by Gasteiger charge is 2.16. The molecule has 0 aromatic heterocycles. The molecular weight excluding hydrogens is 333 g/mol. The van der Waals surface area contributed by atoms with Crippen molar-refractivity contribution in [3.8, 4) is 0 Å². The van der Waals surface area contributed by atoms with E-state index >= 15 is 0 Å². The van der Waals surface area contributed by atoms with Crippen molar-refractivity contribution in [3.63, 3.8) is 0 Å². The Hall–Kier alpha value is -1.29. The first-order chi connectivity index (χ1) is 11.0. The highest BCUT2D eigenvalue weighted by Crippen LogP contribution is 2.24. The van der Waals surface area contributed by atoms with E-state index in [9.17, 15) is 9.67 Å². The number of benzene rings is 2. The molecular formula is C17H20ClNO3P+. The molecule has 0 aliphatic heterocycles. The number of aliphatic hydroxyl groups excluding tert-OH is 1. The molecule has 6 heteroatoms. The van der Waals surface area contributed by atoms with Crippen molar-refractivity contribution in [2.24, 2.45) is 0 Å². The Balaban J connectivity index is 1.84. The predicted octanol–water partition coefficient (Wildman–Crippen LogP) is 3.27. The molecule has 0 heterocycles. The number of aliphatic hydroxyl groups is 1. The van der Waals surface area contributed by atoms with Gasteiger partial charge in [-0.1, -0.05) is 48.0 Å². The fourth-order valence-electron chi connectivity index (χ4n) is 2.37. The normalized spacial score (nSPS) is 12.9. The summed E-state index contributed by atoms with van der Waals surface area (Å²) in [5.41, 5.74) is 2.82. The van der Waals surface area contributed by atoms with Crippen LogP contribution in [0, 0.1) is 0 Å². The van der Waals surface area contributed by atoms with E-state index in [2.05, 4.69) is 5.32 Å². The lowest BCUT2D eigenvalue weighted by Crippen LogP contribution is -2.28. The van der Waals surface area contributed by atoms with Gasteiger partial charge in [-0.25, -0.2) is 0 Å². The molecule has 122 valence electrons. The second-order valence-corrected chi connectivity index (χ2v) is 6.85. The lowest BCUT2D eigenvalue weighted by molar-refractivity contribution is 0.171. The maximum Gasteiger partial charge on any atom is 0.510 e. The van der Waals surface area contributed by atoms with Crippen LogP contribution in [0.25, 0.3) is 0 Å². The lowest BCUT2D eigenvalue weighted by atomic mass is 10.0. The van der Waals surface area contributed by atoms with E-state index in [-0.39, 0.29) is 6.16 Å². The maximum atomic E-state index is 11.0. The molecule has 3 N–H and O–H groups in total. The molecule has 0 saturated carbocycles. The van der Waals surface area contributed by atoms with Crippen LogP contribution in [0.15, 0.2) is 48.5 Å². The van der Waals surface area contributed by atoms with E-state index in [0.29, 0.717) is 24.5 Å². The van der Waals surface area contributed by atoms with E-state index in [4.69, 9.17) is 16.5 Å². The molecule has 2 aromatic carbocycles. The summed E-state index contributed by atoms with van der Waals surface area (Å²) in [5, 5.41) is 14.1. The fraction of sp³-hybridized carbons (Fsp3) is 0.294. The minimum Gasteiger partial charge on any atom is -0.391 e. The van der Waals surface area contributed by atoms with Gasteiger partial charge in [0.2, 0.25) is 6.16 Å². The van der Waals surface area contributed by atoms with Crippen LogP contribution in [-0.4, -0.2) is 22.6 Å². The Morgan fingerprint density at radius 2 is 1.74 bits per heavy atom.